The van der Waals surface area contributed by atoms with Gasteiger partial charge in [-0.15, -0.1) is 0 Å². The summed E-state index contributed by atoms with van der Waals surface area (Å²) in [4.78, 5) is 10.2. The lowest BCUT2D eigenvalue weighted by atomic mass is 10.2. The Bertz CT molecular complexity index is 68.5. The van der Waals surface area contributed by atoms with E-state index in [0.717, 1.165) is 0 Å². The van der Waals surface area contributed by atoms with E-state index in [4.69, 9.17) is 5.73 Å². The van der Waals surface area contributed by atoms with E-state index in [9.17, 15) is 4.79 Å². The third-order valence-electron chi connectivity index (χ3n) is 0.609. The van der Waals surface area contributed by atoms with Gasteiger partial charge in [-0.3, -0.25) is 4.79 Å². The Morgan fingerprint density at radius 1 is 1.86 bits per heavy atom. The van der Waals surface area contributed by atoms with Crippen molar-refractivity contribution in [1.82, 2.24) is 0 Å². The van der Waals surface area contributed by atoms with Crippen molar-refractivity contribution in [2.75, 3.05) is 0 Å². The van der Waals surface area contributed by atoms with Gasteiger partial charge in [0.05, 0.1) is 0 Å². The van der Waals surface area contributed by atoms with Crippen LogP contribution in [0.4, 0.5) is 0 Å². The fourth-order valence-corrected chi connectivity index (χ4v) is 0.453. The van der Waals surface area contributed by atoms with Crippen molar-refractivity contribution in [1.29, 1.82) is 0 Å². The zero-order chi connectivity index (χ0) is 5.86. The molecule has 0 fully saturated rings. The summed E-state index contributed by atoms with van der Waals surface area (Å²) in [6.07, 6.45) is 0.500. The molecule has 2 nitrogen and oxygen atoms in total. The largest absolute Gasteiger partial charge is 0.328 e. The Hall–Kier alpha value is -0.370. The molecule has 0 saturated heterocycles. The van der Waals surface area contributed by atoms with Gasteiger partial charge in [-0.05, 0) is 13.8 Å². The summed E-state index contributed by atoms with van der Waals surface area (Å²) in [6.45, 7) is 3.37. The standard InChI is InChI=1S/C5H11NO/c1-4(6)3-5(2)7/h4H,3,6H2,1-2H3. The molecule has 0 aliphatic heterocycles. The van der Waals surface area contributed by atoms with Crippen molar-refractivity contribution in [3.8, 4) is 0 Å². The lowest BCUT2D eigenvalue weighted by molar-refractivity contribution is -0.117. The highest BCUT2D eigenvalue weighted by molar-refractivity contribution is 5.75. The van der Waals surface area contributed by atoms with Crippen molar-refractivity contribution in [2.24, 2.45) is 5.73 Å². The van der Waals surface area contributed by atoms with Gasteiger partial charge in [0.25, 0.3) is 0 Å². The lowest BCUT2D eigenvalue weighted by Crippen LogP contribution is -2.17. The Labute approximate surface area is 43.7 Å². The maximum Gasteiger partial charge on any atom is 0.131 e. The Morgan fingerprint density at radius 2 is 2.29 bits per heavy atom. The average Bonchev–Trinajstić information content (AvgIpc) is 1.27. The van der Waals surface area contributed by atoms with Gasteiger partial charge in [0.15, 0.2) is 0 Å². The molecule has 0 aliphatic carbocycles. The van der Waals surface area contributed by atoms with Crippen LogP contribution in [0.5, 0.6) is 0 Å². The minimum atomic E-state index is 0.0255. The van der Waals surface area contributed by atoms with Crippen LogP contribution in [0.2, 0.25) is 0 Å². The van der Waals surface area contributed by atoms with Crippen LogP contribution in [0, 0.1) is 0 Å². The molecule has 0 heterocycles. The van der Waals surface area contributed by atoms with Crippen LogP contribution in [0.25, 0.3) is 0 Å². The van der Waals surface area contributed by atoms with Crippen LogP contribution in [0.1, 0.15) is 20.3 Å². The van der Waals surface area contributed by atoms with Crippen molar-refractivity contribution in [2.45, 2.75) is 26.3 Å². The molecule has 0 aromatic heterocycles. The zero-order valence-electron chi connectivity index (χ0n) is 4.77. The van der Waals surface area contributed by atoms with Crippen molar-refractivity contribution < 1.29 is 4.79 Å². The fraction of sp³-hybridized carbons (Fsp3) is 0.800. The number of rotatable bonds is 2. The second-order valence-electron chi connectivity index (χ2n) is 1.88. The number of hydrogen-bond acceptors (Lipinski definition) is 2. The van der Waals surface area contributed by atoms with Crippen molar-refractivity contribution in [3.63, 3.8) is 0 Å². The maximum absolute atomic E-state index is 10.2. The number of hydrogen-bond donors (Lipinski definition) is 1. The first kappa shape index (κ1) is 6.63. The number of Topliss-reactive ketones (excluding diaryl/α,β-unsaturated/α-hetero) is 1. The van der Waals surface area contributed by atoms with E-state index in [1.54, 1.807) is 6.92 Å². The summed E-state index contributed by atoms with van der Waals surface area (Å²) in [7, 11) is 0. The zero-order valence-corrected chi connectivity index (χ0v) is 4.77. The second kappa shape index (κ2) is 2.75. The molecule has 1 unspecified atom stereocenters. The molecule has 0 amide bonds. The van der Waals surface area contributed by atoms with Crippen LogP contribution in [-0.2, 0) is 4.79 Å². The summed E-state index contributed by atoms with van der Waals surface area (Å²) >= 11 is 0. The summed E-state index contributed by atoms with van der Waals surface area (Å²) in [5, 5.41) is 0. The van der Waals surface area contributed by atoms with Crippen molar-refractivity contribution >= 4 is 5.78 Å². The van der Waals surface area contributed by atoms with E-state index in [1.165, 1.54) is 0 Å². The SMILES string of the molecule is CC(=O)CC(C)N. The molecule has 0 aromatic carbocycles. The molecular weight excluding hydrogens is 90.1 g/mol. The Balaban J connectivity index is 3.13. The first-order valence-electron chi connectivity index (χ1n) is 2.38. The predicted octanol–water partition coefficient (Wildman–Crippen LogP) is 0.313. The van der Waals surface area contributed by atoms with Gasteiger partial charge in [0.2, 0.25) is 0 Å². The Morgan fingerprint density at radius 3 is 2.29 bits per heavy atom. The molecule has 0 aliphatic rings. The predicted molar refractivity (Wildman–Crippen MR) is 28.9 cm³/mol. The molecule has 0 bridgehead atoms. The molecule has 0 spiro atoms. The lowest BCUT2D eigenvalue weighted by Gasteiger charge is -1.96. The topological polar surface area (TPSA) is 43.1 Å². The van der Waals surface area contributed by atoms with Gasteiger partial charge in [0.1, 0.15) is 5.78 Å². The first-order chi connectivity index (χ1) is 3.13. The van der Waals surface area contributed by atoms with Crippen LogP contribution >= 0.6 is 0 Å². The third kappa shape index (κ3) is 5.63. The summed E-state index contributed by atoms with van der Waals surface area (Å²) in [6, 6.07) is 0.0255. The first-order valence-corrected chi connectivity index (χ1v) is 2.38. The van der Waals surface area contributed by atoms with E-state index in [0.29, 0.717) is 6.42 Å². The molecule has 7 heavy (non-hydrogen) atoms. The Kier molecular flexibility index (Phi) is 2.60. The third-order valence-corrected chi connectivity index (χ3v) is 0.609. The highest BCUT2D eigenvalue weighted by Crippen LogP contribution is 1.84. The summed E-state index contributed by atoms with van der Waals surface area (Å²) < 4.78 is 0. The second-order valence-corrected chi connectivity index (χ2v) is 1.88. The number of carbonyl (C=O) groups excluding carboxylic acids is 1. The maximum atomic E-state index is 10.2. The molecule has 0 saturated carbocycles. The van der Waals surface area contributed by atoms with Crippen molar-refractivity contribution in [3.05, 3.63) is 0 Å². The fourth-order valence-electron chi connectivity index (χ4n) is 0.453. The molecule has 2 N–H and O–H groups in total. The molecule has 0 rings (SSSR count). The van der Waals surface area contributed by atoms with Gasteiger partial charge in [-0.1, -0.05) is 0 Å². The van der Waals surface area contributed by atoms with Gasteiger partial charge in [-0.25, -0.2) is 0 Å². The average molecular weight is 101 g/mol. The monoisotopic (exact) mass is 101 g/mol. The van der Waals surface area contributed by atoms with Gasteiger partial charge in [0, 0.05) is 12.5 Å². The van der Waals surface area contributed by atoms with Crippen LogP contribution in [-0.4, -0.2) is 11.8 Å². The minimum Gasteiger partial charge on any atom is -0.328 e. The summed E-state index contributed by atoms with van der Waals surface area (Å²) in [5.74, 6) is 0.162. The number of carbonyl (C=O) groups is 1. The van der Waals surface area contributed by atoms with E-state index < -0.39 is 0 Å². The van der Waals surface area contributed by atoms with E-state index in [-0.39, 0.29) is 11.8 Å². The molecule has 0 radical (unpaired) electrons. The highest BCUT2D eigenvalue weighted by Gasteiger charge is 1.95. The molecular formula is C5H11NO. The van der Waals surface area contributed by atoms with E-state index in [1.807, 2.05) is 6.92 Å². The van der Waals surface area contributed by atoms with E-state index in [2.05, 4.69) is 0 Å². The quantitative estimate of drug-likeness (QED) is 0.544. The van der Waals surface area contributed by atoms with Gasteiger partial charge >= 0.3 is 0 Å². The van der Waals surface area contributed by atoms with Crippen LogP contribution < -0.4 is 5.73 Å². The molecule has 1 atom stereocenters. The molecule has 0 aromatic rings. The molecule has 2 heteroatoms. The van der Waals surface area contributed by atoms with E-state index >= 15 is 0 Å². The normalized spacial score (nSPS) is 13.6. The summed E-state index contributed by atoms with van der Waals surface area (Å²) in [5.41, 5.74) is 5.27. The molecule has 42 valence electrons. The number of nitrogens with two attached hydrogens (primary N) is 1. The van der Waals surface area contributed by atoms with Crippen LogP contribution in [0.15, 0.2) is 0 Å². The minimum absolute atomic E-state index is 0.0255. The van der Waals surface area contributed by atoms with Gasteiger partial charge < -0.3 is 5.73 Å². The number of ketones is 1. The smallest absolute Gasteiger partial charge is 0.131 e. The highest BCUT2D eigenvalue weighted by atomic mass is 16.1. The van der Waals surface area contributed by atoms with Crippen LogP contribution in [0.3, 0.4) is 0 Å². The van der Waals surface area contributed by atoms with Gasteiger partial charge in [-0.2, -0.15) is 0 Å².